The number of esters is 1. The number of carbonyl (C=O) groups excluding carboxylic acids is 1. The molecule has 0 N–H and O–H groups in total. The van der Waals surface area contributed by atoms with Gasteiger partial charge in [0.1, 0.15) is 0 Å². The van der Waals surface area contributed by atoms with Gasteiger partial charge in [-0.3, -0.25) is 4.90 Å². The van der Waals surface area contributed by atoms with Gasteiger partial charge in [-0.2, -0.15) is 0 Å². The number of hydrogen-bond acceptors (Lipinski definition) is 4. The van der Waals surface area contributed by atoms with E-state index in [9.17, 15) is 4.79 Å². The summed E-state index contributed by atoms with van der Waals surface area (Å²) < 4.78 is 4.89. The number of para-hydroxylation sites is 1. The summed E-state index contributed by atoms with van der Waals surface area (Å²) in [5.74, 6) is -0.271. The van der Waals surface area contributed by atoms with E-state index in [1.807, 2.05) is 30.3 Å². The molecule has 0 aliphatic carbocycles. The smallest absolute Gasteiger partial charge is 0.339 e. The second-order valence-electron chi connectivity index (χ2n) is 5.76. The van der Waals surface area contributed by atoms with Crippen LogP contribution in [-0.4, -0.2) is 44.2 Å². The molecule has 0 amide bonds. The minimum absolute atomic E-state index is 0.271. The monoisotopic (exact) mass is 310 g/mol. The van der Waals surface area contributed by atoms with E-state index in [0.29, 0.717) is 5.56 Å². The van der Waals surface area contributed by atoms with E-state index in [-0.39, 0.29) is 5.97 Å². The van der Waals surface area contributed by atoms with Crippen molar-refractivity contribution in [1.82, 2.24) is 4.90 Å². The van der Waals surface area contributed by atoms with E-state index < -0.39 is 0 Å². The molecule has 0 atom stereocenters. The van der Waals surface area contributed by atoms with Gasteiger partial charge in [0, 0.05) is 32.7 Å². The Morgan fingerprint density at radius 3 is 2.30 bits per heavy atom. The molecular formula is C19H22N2O2. The van der Waals surface area contributed by atoms with Gasteiger partial charge in [-0.15, -0.1) is 0 Å². The quantitative estimate of drug-likeness (QED) is 0.813. The molecule has 1 saturated heterocycles. The van der Waals surface area contributed by atoms with Crippen molar-refractivity contribution in [2.75, 3.05) is 38.2 Å². The Morgan fingerprint density at radius 2 is 1.61 bits per heavy atom. The normalized spacial score (nSPS) is 15.4. The molecule has 23 heavy (non-hydrogen) atoms. The first kappa shape index (κ1) is 15.6. The first-order valence-corrected chi connectivity index (χ1v) is 7.96. The molecule has 1 aliphatic rings. The number of rotatable bonds is 4. The van der Waals surface area contributed by atoms with Gasteiger partial charge < -0.3 is 9.64 Å². The minimum Gasteiger partial charge on any atom is -0.465 e. The second kappa shape index (κ2) is 7.29. The molecular weight excluding hydrogens is 288 g/mol. The molecule has 0 aromatic heterocycles. The maximum atomic E-state index is 11.9. The van der Waals surface area contributed by atoms with Crippen LogP contribution in [0, 0.1) is 0 Å². The van der Waals surface area contributed by atoms with Gasteiger partial charge >= 0.3 is 5.97 Å². The van der Waals surface area contributed by atoms with E-state index in [4.69, 9.17) is 4.74 Å². The summed E-state index contributed by atoms with van der Waals surface area (Å²) in [4.78, 5) is 16.6. The van der Waals surface area contributed by atoms with Gasteiger partial charge in [-0.1, -0.05) is 42.5 Å². The van der Waals surface area contributed by atoms with E-state index in [1.54, 1.807) is 0 Å². The summed E-state index contributed by atoms with van der Waals surface area (Å²) >= 11 is 0. The highest BCUT2D eigenvalue weighted by atomic mass is 16.5. The molecule has 2 aromatic carbocycles. The molecule has 2 aromatic rings. The average molecular weight is 310 g/mol. The molecule has 0 saturated carbocycles. The number of ether oxygens (including phenoxy) is 1. The maximum absolute atomic E-state index is 11.9. The molecule has 0 unspecified atom stereocenters. The van der Waals surface area contributed by atoms with Crippen molar-refractivity contribution >= 4 is 11.7 Å². The van der Waals surface area contributed by atoms with Gasteiger partial charge in [0.15, 0.2) is 0 Å². The molecule has 3 rings (SSSR count). The third kappa shape index (κ3) is 3.71. The van der Waals surface area contributed by atoms with Crippen molar-refractivity contribution in [3.63, 3.8) is 0 Å². The number of hydrogen-bond donors (Lipinski definition) is 0. The highest BCUT2D eigenvalue weighted by Gasteiger charge is 2.21. The van der Waals surface area contributed by atoms with Crippen LogP contribution in [-0.2, 0) is 11.3 Å². The fraction of sp³-hybridized carbons (Fsp3) is 0.316. The van der Waals surface area contributed by atoms with Gasteiger partial charge in [-0.05, 0) is 17.7 Å². The Morgan fingerprint density at radius 1 is 0.957 bits per heavy atom. The summed E-state index contributed by atoms with van der Waals surface area (Å²) in [5.41, 5.74) is 2.96. The molecule has 4 nitrogen and oxygen atoms in total. The van der Waals surface area contributed by atoms with Crippen LogP contribution < -0.4 is 4.90 Å². The van der Waals surface area contributed by atoms with Crippen LogP contribution in [0.15, 0.2) is 54.6 Å². The Labute approximate surface area is 137 Å². The largest absolute Gasteiger partial charge is 0.465 e. The van der Waals surface area contributed by atoms with E-state index in [2.05, 4.69) is 34.1 Å². The summed E-state index contributed by atoms with van der Waals surface area (Å²) in [6.07, 6.45) is 0. The van der Waals surface area contributed by atoms with Crippen LogP contribution in [0.1, 0.15) is 15.9 Å². The van der Waals surface area contributed by atoms with Gasteiger partial charge in [0.05, 0.1) is 18.4 Å². The molecule has 120 valence electrons. The van der Waals surface area contributed by atoms with Crippen molar-refractivity contribution in [3.8, 4) is 0 Å². The van der Waals surface area contributed by atoms with Crippen molar-refractivity contribution in [2.24, 2.45) is 0 Å². The summed E-state index contributed by atoms with van der Waals surface area (Å²) in [6, 6.07) is 18.2. The zero-order valence-electron chi connectivity index (χ0n) is 13.4. The van der Waals surface area contributed by atoms with Gasteiger partial charge in [0.25, 0.3) is 0 Å². The predicted octanol–water partition coefficient (Wildman–Crippen LogP) is 2.80. The van der Waals surface area contributed by atoms with Crippen molar-refractivity contribution in [2.45, 2.75) is 6.54 Å². The molecule has 1 aliphatic heterocycles. The molecule has 0 radical (unpaired) electrons. The Hall–Kier alpha value is -2.33. The second-order valence-corrected chi connectivity index (χ2v) is 5.76. The summed E-state index contributed by atoms with van der Waals surface area (Å²) in [5, 5.41) is 0. The zero-order chi connectivity index (χ0) is 16.1. The van der Waals surface area contributed by atoms with Crippen molar-refractivity contribution < 1.29 is 9.53 Å². The first-order valence-electron chi connectivity index (χ1n) is 7.96. The van der Waals surface area contributed by atoms with E-state index in [0.717, 1.165) is 38.4 Å². The Balaban J connectivity index is 1.64. The highest BCUT2D eigenvalue weighted by molar-refractivity contribution is 5.95. The summed E-state index contributed by atoms with van der Waals surface area (Å²) in [6.45, 7) is 4.80. The van der Waals surface area contributed by atoms with Crippen LogP contribution in [0.25, 0.3) is 0 Å². The fourth-order valence-corrected chi connectivity index (χ4v) is 3.02. The fourth-order valence-electron chi connectivity index (χ4n) is 3.02. The number of anilines is 1. The van der Waals surface area contributed by atoms with Crippen molar-refractivity contribution in [3.05, 3.63) is 65.7 Å². The van der Waals surface area contributed by atoms with Crippen LogP contribution >= 0.6 is 0 Å². The first-order chi connectivity index (χ1) is 11.3. The molecule has 4 heteroatoms. The summed E-state index contributed by atoms with van der Waals surface area (Å²) in [7, 11) is 1.43. The van der Waals surface area contributed by atoms with Crippen LogP contribution in [0.4, 0.5) is 5.69 Å². The predicted molar refractivity (Wildman–Crippen MR) is 91.7 cm³/mol. The number of nitrogens with zero attached hydrogens (tertiary/aromatic N) is 2. The zero-order valence-corrected chi connectivity index (χ0v) is 13.4. The topological polar surface area (TPSA) is 32.8 Å². The third-order valence-corrected chi connectivity index (χ3v) is 4.27. The average Bonchev–Trinajstić information content (AvgIpc) is 2.62. The lowest BCUT2D eigenvalue weighted by Crippen LogP contribution is -2.46. The SMILES string of the molecule is COC(=O)c1ccccc1N1CCN(Cc2ccccc2)CC1. The Bertz CT molecular complexity index is 649. The lowest BCUT2D eigenvalue weighted by atomic mass is 10.1. The third-order valence-electron chi connectivity index (χ3n) is 4.27. The number of piperazine rings is 1. The van der Waals surface area contributed by atoms with Gasteiger partial charge in [-0.25, -0.2) is 4.79 Å². The highest BCUT2D eigenvalue weighted by Crippen LogP contribution is 2.23. The number of methoxy groups -OCH3 is 1. The van der Waals surface area contributed by atoms with E-state index >= 15 is 0 Å². The maximum Gasteiger partial charge on any atom is 0.339 e. The minimum atomic E-state index is -0.271. The number of carbonyl (C=O) groups is 1. The molecule has 0 bridgehead atoms. The molecule has 1 fully saturated rings. The lowest BCUT2D eigenvalue weighted by molar-refractivity contribution is 0.0601. The Kier molecular flexibility index (Phi) is 4.93. The standard InChI is InChI=1S/C19H22N2O2/c1-23-19(22)17-9-5-6-10-18(17)21-13-11-20(12-14-21)15-16-7-3-2-4-8-16/h2-10H,11-15H2,1H3. The molecule has 1 heterocycles. The van der Waals surface area contributed by atoms with Crippen LogP contribution in [0.5, 0.6) is 0 Å². The number of benzene rings is 2. The van der Waals surface area contributed by atoms with Crippen molar-refractivity contribution in [1.29, 1.82) is 0 Å². The lowest BCUT2D eigenvalue weighted by Gasteiger charge is -2.36. The van der Waals surface area contributed by atoms with Crippen LogP contribution in [0.2, 0.25) is 0 Å². The molecule has 0 spiro atoms. The van der Waals surface area contributed by atoms with E-state index in [1.165, 1.54) is 12.7 Å². The van der Waals surface area contributed by atoms with Crippen LogP contribution in [0.3, 0.4) is 0 Å². The van der Waals surface area contributed by atoms with Gasteiger partial charge in [0.2, 0.25) is 0 Å².